The first-order valence-electron chi connectivity index (χ1n) is 3.61. The van der Waals surface area contributed by atoms with Gasteiger partial charge in [0, 0.05) is 0 Å². The third kappa shape index (κ3) is 2.53. The number of ether oxygens (including phenoxy) is 1. The molecule has 0 bridgehead atoms. The predicted octanol–water partition coefficient (Wildman–Crippen LogP) is 0.906. The Morgan fingerprint density at radius 1 is 1.33 bits per heavy atom. The van der Waals surface area contributed by atoms with Crippen molar-refractivity contribution in [1.29, 1.82) is 0 Å². The lowest BCUT2D eigenvalue weighted by Gasteiger charge is -2.24. The van der Waals surface area contributed by atoms with Gasteiger partial charge >= 0.3 is 11.9 Å². The van der Waals surface area contributed by atoms with Crippen LogP contribution in [0.25, 0.3) is 0 Å². The number of carbonyl (C=O) groups is 2. The molecule has 1 N–H and O–H groups in total. The highest BCUT2D eigenvalue weighted by atomic mass is 16.5. The van der Waals surface area contributed by atoms with Crippen LogP contribution in [0.2, 0.25) is 0 Å². The average molecular weight is 174 g/mol. The van der Waals surface area contributed by atoms with E-state index < -0.39 is 23.3 Å². The zero-order valence-corrected chi connectivity index (χ0v) is 7.75. The number of carboxylic acid groups (broad SMARTS) is 1. The number of hydrogen-bond acceptors (Lipinski definition) is 3. The van der Waals surface area contributed by atoms with Crippen LogP contribution in [0.1, 0.15) is 20.8 Å². The summed E-state index contributed by atoms with van der Waals surface area (Å²) in [5.74, 6) is -2.94. The summed E-state index contributed by atoms with van der Waals surface area (Å²) in [5, 5.41) is 8.71. The van der Waals surface area contributed by atoms with E-state index in [9.17, 15) is 9.59 Å². The first-order valence-corrected chi connectivity index (χ1v) is 3.61. The Hall–Kier alpha value is -1.06. The summed E-state index contributed by atoms with van der Waals surface area (Å²) >= 11 is 0. The SMILES string of the molecule is COC(=O)[C@H](C(=O)O)C(C)(C)C. The highest BCUT2D eigenvalue weighted by Gasteiger charge is 2.38. The van der Waals surface area contributed by atoms with E-state index in [0.29, 0.717) is 0 Å². The first kappa shape index (κ1) is 10.9. The average Bonchev–Trinajstić information content (AvgIpc) is 1.83. The maximum absolute atomic E-state index is 11.0. The van der Waals surface area contributed by atoms with Crippen LogP contribution < -0.4 is 0 Å². The third-order valence-corrected chi connectivity index (χ3v) is 1.55. The number of rotatable bonds is 2. The largest absolute Gasteiger partial charge is 0.481 e. The number of methoxy groups -OCH3 is 1. The zero-order chi connectivity index (χ0) is 9.94. The van der Waals surface area contributed by atoms with E-state index in [1.807, 2.05) is 0 Å². The molecule has 0 aromatic heterocycles. The smallest absolute Gasteiger partial charge is 0.320 e. The van der Waals surface area contributed by atoms with Crippen molar-refractivity contribution in [3.63, 3.8) is 0 Å². The summed E-state index contributed by atoms with van der Waals surface area (Å²) < 4.78 is 4.38. The number of aliphatic carboxylic acids is 1. The fraction of sp³-hybridized carbons (Fsp3) is 0.750. The Bertz CT molecular complexity index is 190. The summed E-state index contributed by atoms with van der Waals surface area (Å²) in [6.07, 6.45) is 0. The van der Waals surface area contributed by atoms with Crippen molar-refractivity contribution in [2.24, 2.45) is 11.3 Å². The van der Waals surface area contributed by atoms with Gasteiger partial charge in [-0.1, -0.05) is 20.8 Å². The molecule has 0 radical (unpaired) electrons. The molecule has 0 saturated heterocycles. The lowest BCUT2D eigenvalue weighted by molar-refractivity contribution is -0.161. The van der Waals surface area contributed by atoms with Gasteiger partial charge in [-0.3, -0.25) is 9.59 Å². The standard InChI is InChI=1S/C8H14O4/c1-8(2,3)5(6(9)10)7(11)12-4/h5H,1-4H3,(H,9,10)/t5-/m0/s1. The van der Waals surface area contributed by atoms with Crippen LogP contribution in [0.3, 0.4) is 0 Å². The molecule has 0 amide bonds. The van der Waals surface area contributed by atoms with E-state index >= 15 is 0 Å². The number of esters is 1. The molecule has 70 valence electrons. The molecule has 0 rings (SSSR count). The van der Waals surface area contributed by atoms with Crippen LogP contribution in [0.4, 0.5) is 0 Å². The van der Waals surface area contributed by atoms with Gasteiger partial charge in [0.1, 0.15) is 0 Å². The number of hydrogen-bond donors (Lipinski definition) is 1. The van der Waals surface area contributed by atoms with Gasteiger partial charge in [-0.25, -0.2) is 0 Å². The Labute approximate surface area is 71.5 Å². The van der Waals surface area contributed by atoms with Gasteiger partial charge in [-0.2, -0.15) is 0 Å². The Balaban J connectivity index is 4.68. The van der Waals surface area contributed by atoms with Gasteiger partial charge in [0.25, 0.3) is 0 Å². The van der Waals surface area contributed by atoms with Crippen LogP contribution in [0, 0.1) is 11.3 Å². The second kappa shape index (κ2) is 3.56. The van der Waals surface area contributed by atoms with Crippen molar-refractivity contribution >= 4 is 11.9 Å². The van der Waals surface area contributed by atoms with Crippen LogP contribution in [-0.4, -0.2) is 24.2 Å². The lowest BCUT2D eigenvalue weighted by atomic mass is 9.81. The molecular formula is C8H14O4. The number of carbonyl (C=O) groups excluding carboxylic acids is 1. The van der Waals surface area contributed by atoms with Crippen LogP contribution in [-0.2, 0) is 14.3 Å². The Kier molecular flexibility index (Phi) is 3.24. The summed E-state index contributed by atoms with van der Waals surface area (Å²) in [7, 11) is 1.18. The fourth-order valence-electron chi connectivity index (χ4n) is 0.943. The van der Waals surface area contributed by atoms with E-state index in [-0.39, 0.29) is 0 Å². The van der Waals surface area contributed by atoms with Crippen molar-refractivity contribution in [1.82, 2.24) is 0 Å². The second-order valence-corrected chi connectivity index (χ2v) is 3.66. The molecule has 0 unspecified atom stereocenters. The van der Waals surface area contributed by atoms with E-state index in [1.54, 1.807) is 20.8 Å². The highest BCUT2D eigenvalue weighted by molar-refractivity contribution is 5.94. The molecule has 0 aliphatic heterocycles. The van der Waals surface area contributed by atoms with Gasteiger partial charge in [-0.15, -0.1) is 0 Å². The summed E-state index contributed by atoms with van der Waals surface area (Å²) in [4.78, 5) is 21.6. The topological polar surface area (TPSA) is 63.6 Å². The molecule has 0 heterocycles. The first-order chi connectivity index (χ1) is 5.30. The predicted molar refractivity (Wildman–Crippen MR) is 42.6 cm³/mol. The highest BCUT2D eigenvalue weighted by Crippen LogP contribution is 2.26. The summed E-state index contributed by atoms with van der Waals surface area (Å²) in [6.45, 7) is 5.05. The van der Waals surface area contributed by atoms with E-state index in [0.717, 1.165) is 0 Å². The molecule has 4 nitrogen and oxygen atoms in total. The van der Waals surface area contributed by atoms with Gasteiger partial charge < -0.3 is 9.84 Å². The minimum atomic E-state index is -1.14. The van der Waals surface area contributed by atoms with E-state index in [1.165, 1.54) is 7.11 Å². The quantitative estimate of drug-likeness (QED) is 0.499. The van der Waals surface area contributed by atoms with E-state index in [4.69, 9.17) is 5.11 Å². The van der Waals surface area contributed by atoms with Gasteiger partial charge in [0.05, 0.1) is 7.11 Å². The van der Waals surface area contributed by atoms with Crippen molar-refractivity contribution in [2.75, 3.05) is 7.11 Å². The third-order valence-electron chi connectivity index (χ3n) is 1.55. The zero-order valence-electron chi connectivity index (χ0n) is 7.75. The number of carboxylic acids is 1. The Morgan fingerprint density at radius 3 is 1.83 bits per heavy atom. The normalized spacial score (nSPS) is 13.7. The lowest BCUT2D eigenvalue weighted by Crippen LogP contribution is -2.36. The minimum absolute atomic E-state index is 0.612. The van der Waals surface area contributed by atoms with Crippen LogP contribution in [0.15, 0.2) is 0 Å². The molecule has 0 saturated carbocycles. The van der Waals surface area contributed by atoms with Crippen molar-refractivity contribution in [3.8, 4) is 0 Å². The maximum atomic E-state index is 11.0. The molecule has 12 heavy (non-hydrogen) atoms. The molecule has 1 atom stereocenters. The summed E-state index contributed by atoms with van der Waals surface area (Å²) in [6, 6.07) is 0. The molecule has 0 aromatic carbocycles. The summed E-state index contributed by atoms with van der Waals surface area (Å²) in [5.41, 5.74) is -0.612. The molecule has 0 aliphatic carbocycles. The molecule has 4 heteroatoms. The van der Waals surface area contributed by atoms with Gasteiger partial charge in [0.15, 0.2) is 5.92 Å². The fourth-order valence-corrected chi connectivity index (χ4v) is 0.943. The molecule has 0 spiro atoms. The van der Waals surface area contributed by atoms with Gasteiger partial charge in [-0.05, 0) is 5.41 Å². The van der Waals surface area contributed by atoms with E-state index in [2.05, 4.69) is 4.74 Å². The molecular weight excluding hydrogens is 160 g/mol. The molecule has 0 aromatic rings. The Morgan fingerprint density at radius 2 is 1.75 bits per heavy atom. The van der Waals surface area contributed by atoms with Crippen LogP contribution in [0.5, 0.6) is 0 Å². The van der Waals surface area contributed by atoms with Gasteiger partial charge in [0.2, 0.25) is 0 Å². The van der Waals surface area contributed by atoms with Crippen LogP contribution >= 0.6 is 0 Å². The molecule has 0 fully saturated rings. The maximum Gasteiger partial charge on any atom is 0.320 e. The van der Waals surface area contributed by atoms with Crippen molar-refractivity contribution in [2.45, 2.75) is 20.8 Å². The van der Waals surface area contributed by atoms with Crippen molar-refractivity contribution in [3.05, 3.63) is 0 Å². The second-order valence-electron chi connectivity index (χ2n) is 3.66. The monoisotopic (exact) mass is 174 g/mol. The molecule has 0 aliphatic rings. The minimum Gasteiger partial charge on any atom is -0.481 e. The van der Waals surface area contributed by atoms with Crippen molar-refractivity contribution < 1.29 is 19.4 Å².